The molecule has 4 N–H and O–H groups in total. The van der Waals surface area contributed by atoms with Crippen LogP contribution < -0.4 is 16.4 Å². The molecule has 2 heterocycles. The van der Waals surface area contributed by atoms with Crippen molar-refractivity contribution in [2.24, 2.45) is 5.92 Å². The average Bonchev–Trinajstić information content (AvgIpc) is 3.22. The second-order valence-corrected chi connectivity index (χ2v) is 8.24. The molecule has 0 spiro atoms. The predicted octanol–water partition coefficient (Wildman–Crippen LogP) is 3.60. The zero-order chi connectivity index (χ0) is 23.2. The minimum atomic E-state index is -0.248. The molecule has 1 aliphatic heterocycles. The van der Waals surface area contributed by atoms with Crippen molar-refractivity contribution in [2.75, 3.05) is 36.5 Å². The summed E-state index contributed by atoms with van der Waals surface area (Å²) in [5.41, 5.74) is 9.73. The molecule has 168 valence electrons. The molecule has 0 saturated carbocycles. The minimum absolute atomic E-state index is 0.0105. The van der Waals surface area contributed by atoms with Crippen LogP contribution >= 0.6 is 0 Å². The lowest BCUT2D eigenvalue weighted by Crippen LogP contribution is -2.28. The number of nitrogens with zero attached hydrogens (tertiary/aromatic N) is 2. The number of likely N-dealkylation sites (tertiary alicyclic amines) is 1. The molecule has 33 heavy (non-hydrogen) atoms. The molecule has 7 heteroatoms. The van der Waals surface area contributed by atoms with Crippen molar-refractivity contribution in [1.29, 1.82) is 0 Å². The smallest absolute Gasteiger partial charge is 0.248 e. The normalized spacial score (nSPS) is 18.3. The number of nitrogens with two attached hydrogens (primary N) is 1. The summed E-state index contributed by atoms with van der Waals surface area (Å²) in [5.74, 6) is -0.287. The Morgan fingerprint density at radius 3 is 2.45 bits per heavy atom. The molecule has 2 atom stereocenters. The summed E-state index contributed by atoms with van der Waals surface area (Å²) in [7, 11) is 2.03. The molecule has 1 aromatic heterocycles. The number of para-hydroxylation sites is 2. The highest BCUT2D eigenvalue weighted by atomic mass is 16.2. The van der Waals surface area contributed by atoms with Gasteiger partial charge in [-0.1, -0.05) is 36.4 Å². The summed E-state index contributed by atoms with van der Waals surface area (Å²) in [6.45, 7) is 1.51. The van der Waals surface area contributed by atoms with Gasteiger partial charge in [0, 0.05) is 43.2 Å². The Balaban J connectivity index is 1.41. The van der Waals surface area contributed by atoms with Crippen LogP contribution in [0, 0.1) is 5.92 Å². The van der Waals surface area contributed by atoms with Crippen molar-refractivity contribution in [3.8, 4) is 0 Å². The number of amides is 2. The highest BCUT2D eigenvalue weighted by molar-refractivity contribution is 6.03. The number of aromatic nitrogens is 1. The number of hydrogen-bond donors (Lipinski definition) is 3. The van der Waals surface area contributed by atoms with E-state index in [2.05, 4.69) is 20.5 Å². The van der Waals surface area contributed by atoms with Gasteiger partial charge in [-0.2, -0.15) is 0 Å². The zero-order valence-corrected chi connectivity index (χ0v) is 18.4. The third kappa shape index (κ3) is 5.64. The van der Waals surface area contributed by atoms with Crippen LogP contribution in [0.1, 0.15) is 17.0 Å². The summed E-state index contributed by atoms with van der Waals surface area (Å²) in [4.78, 5) is 31.3. The molecule has 0 aliphatic carbocycles. The van der Waals surface area contributed by atoms with Gasteiger partial charge in [0.15, 0.2) is 0 Å². The van der Waals surface area contributed by atoms with Crippen molar-refractivity contribution in [1.82, 2.24) is 9.88 Å². The summed E-state index contributed by atoms with van der Waals surface area (Å²) in [6.07, 6.45) is 6.56. The molecule has 0 radical (unpaired) electrons. The van der Waals surface area contributed by atoms with Gasteiger partial charge in [0.2, 0.25) is 11.8 Å². The van der Waals surface area contributed by atoms with Crippen molar-refractivity contribution >= 4 is 35.0 Å². The second kappa shape index (κ2) is 10.1. The van der Waals surface area contributed by atoms with E-state index in [-0.39, 0.29) is 23.7 Å². The fourth-order valence-corrected chi connectivity index (χ4v) is 4.09. The van der Waals surface area contributed by atoms with E-state index in [1.54, 1.807) is 42.7 Å². The number of carbonyl (C=O) groups is 2. The van der Waals surface area contributed by atoms with Gasteiger partial charge in [0.1, 0.15) is 0 Å². The number of carbonyl (C=O) groups excluding carboxylic acids is 2. The average molecular weight is 442 g/mol. The Labute approximate surface area is 193 Å². The van der Waals surface area contributed by atoms with Crippen LogP contribution in [-0.2, 0) is 9.59 Å². The fourth-order valence-electron chi connectivity index (χ4n) is 4.09. The van der Waals surface area contributed by atoms with E-state index in [9.17, 15) is 9.59 Å². The largest absolute Gasteiger partial charge is 0.397 e. The number of nitrogen functional groups attached to an aromatic ring is 1. The number of likely N-dealkylation sites (N-methyl/N-ethyl adjacent to an activating group) is 1. The Kier molecular flexibility index (Phi) is 6.80. The first kappa shape index (κ1) is 22.2. The lowest BCUT2D eigenvalue weighted by atomic mass is 9.88. The van der Waals surface area contributed by atoms with Crippen molar-refractivity contribution in [3.05, 3.63) is 90.3 Å². The molecule has 2 unspecified atom stereocenters. The van der Waals surface area contributed by atoms with Crippen molar-refractivity contribution in [3.63, 3.8) is 0 Å². The van der Waals surface area contributed by atoms with Crippen molar-refractivity contribution in [2.45, 2.75) is 5.92 Å². The predicted molar refractivity (Wildman–Crippen MR) is 132 cm³/mol. The summed E-state index contributed by atoms with van der Waals surface area (Å²) in [6, 6.07) is 18.7. The number of benzene rings is 2. The highest BCUT2D eigenvalue weighted by Gasteiger charge is 2.36. The molecule has 0 bridgehead atoms. The van der Waals surface area contributed by atoms with E-state index < -0.39 is 0 Å². The maximum atomic E-state index is 12.9. The van der Waals surface area contributed by atoms with Gasteiger partial charge in [0.05, 0.1) is 17.3 Å². The van der Waals surface area contributed by atoms with Gasteiger partial charge in [-0.25, -0.2) is 0 Å². The zero-order valence-electron chi connectivity index (χ0n) is 18.4. The van der Waals surface area contributed by atoms with Crippen LogP contribution in [0.3, 0.4) is 0 Å². The Morgan fingerprint density at radius 1 is 1.00 bits per heavy atom. The molecule has 1 saturated heterocycles. The van der Waals surface area contributed by atoms with Crippen LogP contribution in [0.25, 0.3) is 6.08 Å². The maximum Gasteiger partial charge on any atom is 0.248 e. The third-order valence-corrected chi connectivity index (χ3v) is 5.80. The van der Waals surface area contributed by atoms with Crippen LogP contribution in [0.5, 0.6) is 0 Å². The van der Waals surface area contributed by atoms with E-state index in [1.165, 1.54) is 6.08 Å². The van der Waals surface area contributed by atoms with Crippen LogP contribution in [0.4, 0.5) is 17.1 Å². The summed E-state index contributed by atoms with van der Waals surface area (Å²) < 4.78 is 0. The quantitative estimate of drug-likeness (QED) is 0.401. The first-order chi connectivity index (χ1) is 16.0. The number of pyridine rings is 1. The standard InChI is InChI=1S/C26H27N5O2/c1-31-16-21(22(17-31)26(33)29-20-12-14-28-15-13-20)19-9-6-18(7-10-19)8-11-25(32)30-24-5-3-2-4-23(24)27/h2-15,21-22H,16-17,27H2,1H3,(H,30,32)(H,28,29,33)/b11-8+. The molecule has 1 fully saturated rings. The van der Waals surface area contributed by atoms with Crippen LogP contribution in [0.2, 0.25) is 0 Å². The number of nitrogens with one attached hydrogen (secondary N) is 2. The van der Waals surface area contributed by atoms with Crippen LogP contribution in [-0.4, -0.2) is 41.8 Å². The molecule has 3 aromatic rings. The topological polar surface area (TPSA) is 100 Å². The Morgan fingerprint density at radius 2 is 1.73 bits per heavy atom. The van der Waals surface area contributed by atoms with Gasteiger partial charge in [0.25, 0.3) is 0 Å². The monoisotopic (exact) mass is 441 g/mol. The molecule has 2 aromatic carbocycles. The van der Waals surface area contributed by atoms with E-state index in [0.717, 1.165) is 23.4 Å². The molecule has 7 nitrogen and oxygen atoms in total. The fraction of sp³-hybridized carbons (Fsp3) is 0.192. The van der Waals surface area contributed by atoms with Gasteiger partial charge in [-0.15, -0.1) is 0 Å². The molecular formula is C26H27N5O2. The molecular weight excluding hydrogens is 414 g/mol. The maximum absolute atomic E-state index is 12.9. The molecule has 2 amide bonds. The van der Waals surface area contributed by atoms with E-state index in [0.29, 0.717) is 17.9 Å². The van der Waals surface area contributed by atoms with E-state index in [4.69, 9.17) is 5.73 Å². The number of hydrogen-bond acceptors (Lipinski definition) is 5. The van der Waals surface area contributed by atoms with E-state index in [1.807, 2.05) is 43.4 Å². The summed E-state index contributed by atoms with van der Waals surface area (Å²) >= 11 is 0. The first-order valence-corrected chi connectivity index (χ1v) is 10.8. The van der Waals surface area contributed by atoms with Gasteiger partial charge in [-0.3, -0.25) is 14.6 Å². The van der Waals surface area contributed by atoms with Gasteiger partial charge < -0.3 is 21.3 Å². The minimum Gasteiger partial charge on any atom is -0.397 e. The van der Waals surface area contributed by atoms with Crippen LogP contribution in [0.15, 0.2) is 79.1 Å². The second-order valence-electron chi connectivity index (χ2n) is 8.24. The van der Waals surface area contributed by atoms with Gasteiger partial charge >= 0.3 is 0 Å². The first-order valence-electron chi connectivity index (χ1n) is 10.8. The lowest BCUT2D eigenvalue weighted by Gasteiger charge is -2.18. The van der Waals surface area contributed by atoms with E-state index >= 15 is 0 Å². The highest BCUT2D eigenvalue weighted by Crippen LogP contribution is 2.33. The Hall–Kier alpha value is -3.97. The SMILES string of the molecule is CN1CC(C(=O)Nc2ccncc2)C(c2ccc(/C=C/C(=O)Nc3ccccc3N)cc2)C1. The number of rotatable bonds is 6. The molecule has 4 rings (SSSR count). The van der Waals surface area contributed by atoms with Gasteiger partial charge in [-0.05, 0) is 48.5 Å². The lowest BCUT2D eigenvalue weighted by molar-refractivity contribution is -0.119. The molecule has 1 aliphatic rings. The third-order valence-electron chi connectivity index (χ3n) is 5.80. The summed E-state index contributed by atoms with van der Waals surface area (Å²) in [5, 5.41) is 5.78. The van der Waals surface area contributed by atoms with Crippen molar-refractivity contribution < 1.29 is 9.59 Å². The Bertz CT molecular complexity index is 1140. The number of anilines is 3.